The number of esters is 1. The molecule has 0 aliphatic heterocycles. The zero-order chi connectivity index (χ0) is 14.5. The molecule has 1 fully saturated rings. The number of aliphatic hydroxyl groups is 1. The molecule has 1 aliphatic rings. The molecular formula is C16H23NO3. The van der Waals surface area contributed by atoms with Crippen molar-refractivity contribution in [3.8, 4) is 0 Å². The molecule has 2 atom stereocenters. The van der Waals surface area contributed by atoms with Gasteiger partial charge in [0.1, 0.15) is 0 Å². The summed E-state index contributed by atoms with van der Waals surface area (Å²) in [7, 11) is 3.43. The summed E-state index contributed by atoms with van der Waals surface area (Å²) in [6.07, 6.45) is 4.05. The summed E-state index contributed by atoms with van der Waals surface area (Å²) in [6, 6.07) is 7.69. The third-order valence-electron chi connectivity index (χ3n) is 4.07. The first-order valence-corrected chi connectivity index (χ1v) is 7.17. The Kier molecular flexibility index (Phi) is 5.15. The lowest BCUT2D eigenvalue weighted by molar-refractivity contribution is 0.0288. The van der Waals surface area contributed by atoms with Crippen LogP contribution in [0, 0.1) is 0 Å². The van der Waals surface area contributed by atoms with E-state index in [0.29, 0.717) is 5.56 Å². The second-order valence-electron chi connectivity index (χ2n) is 5.52. The molecule has 0 heterocycles. The molecule has 4 heteroatoms. The molecule has 0 spiro atoms. The van der Waals surface area contributed by atoms with Gasteiger partial charge in [0, 0.05) is 12.6 Å². The average Bonchev–Trinajstić information content (AvgIpc) is 2.47. The molecule has 110 valence electrons. The van der Waals surface area contributed by atoms with E-state index in [-0.39, 0.29) is 18.1 Å². The van der Waals surface area contributed by atoms with Crippen molar-refractivity contribution in [2.45, 2.75) is 44.4 Å². The Hall–Kier alpha value is -1.39. The first-order valence-electron chi connectivity index (χ1n) is 7.17. The van der Waals surface area contributed by atoms with Crippen molar-refractivity contribution in [3.63, 3.8) is 0 Å². The zero-order valence-electron chi connectivity index (χ0n) is 12.2. The third kappa shape index (κ3) is 3.58. The molecule has 20 heavy (non-hydrogen) atoms. The summed E-state index contributed by atoms with van der Waals surface area (Å²) in [5.41, 5.74) is 1.70. The molecule has 0 radical (unpaired) electrons. The van der Waals surface area contributed by atoms with Gasteiger partial charge in [0.2, 0.25) is 0 Å². The number of methoxy groups -OCH3 is 1. The molecule has 0 bridgehead atoms. The second kappa shape index (κ2) is 6.86. The van der Waals surface area contributed by atoms with Crippen LogP contribution in [0.1, 0.15) is 41.6 Å². The van der Waals surface area contributed by atoms with Gasteiger partial charge in [-0.2, -0.15) is 0 Å². The molecule has 1 aliphatic carbocycles. The van der Waals surface area contributed by atoms with Gasteiger partial charge in [-0.3, -0.25) is 4.90 Å². The van der Waals surface area contributed by atoms with Crippen molar-refractivity contribution in [1.82, 2.24) is 4.90 Å². The van der Waals surface area contributed by atoms with E-state index in [1.807, 2.05) is 19.2 Å². The van der Waals surface area contributed by atoms with Crippen LogP contribution < -0.4 is 0 Å². The molecule has 0 saturated heterocycles. The molecule has 1 aromatic rings. The number of aliphatic hydroxyl groups excluding tert-OH is 1. The zero-order valence-corrected chi connectivity index (χ0v) is 12.2. The number of carbonyl (C=O) groups is 1. The second-order valence-corrected chi connectivity index (χ2v) is 5.52. The van der Waals surface area contributed by atoms with E-state index in [4.69, 9.17) is 0 Å². The van der Waals surface area contributed by atoms with Crippen molar-refractivity contribution in [2.75, 3.05) is 14.2 Å². The standard InChI is InChI=1S/C16H23NO3/c1-17(14-5-3-4-6-15(14)18)11-12-7-9-13(10-8-12)16(19)20-2/h7-10,14-15,18H,3-6,11H2,1-2H3. The summed E-state index contributed by atoms with van der Waals surface area (Å²) in [5, 5.41) is 10.1. The lowest BCUT2D eigenvalue weighted by Crippen LogP contribution is -2.42. The van der Waals surface area contributed by atoms with Crippen LogP contribution in [0.25, 0.3) is 0 Å². The van der Waals surface area contributed by atoms with Gasteiger partial charge in [-0.05, 0) is 37.6 Å². The largest absolute Gasteiger partial charge is 0.465 e. The summed E-state index contributed by atoms with van der Waals surface area (Å²) in [6.45, 7) is 0.781. The molecule has 1 aromatic carbocycles. The number of rotatable bonds is 4. The quantitative estimate of drug-likeness (QED) is 0.857. The number of likely N-dealkylation sites (N-methyl/N-ethyl adjacent to an activating group) is 1. The first-order chi connectivity index (χ1) is 9.61. The van der Waals surface area contributed by atoms with Gasteiger partial charge in [-0.1, -0.05) is 25.0 Å². The van der Waals surface area contributed by atoms with Crippen LogP contribution in [0.3, 0.4) is 0 Å². The number of benzene rings is 1. The smallest absolute Gasteiger partial charge is 0.337 e. The van der Waals surface area contributed by atoms with Gasteiger partial charge < -0.3 is 9.84 Å². The minimum atomic E-state index is -0.312. The predicted octanol–water partition coefficient (Wildman–Crippen LogP) is 2.21. The van der Waals surface area contributed by atoms with Crippen LogP contribution in [-0.4, -0.2) is 42.3 Å². The van der Waals surface area contributed by atoms with E-state index in [1.54, 1.807) is 12.1 Å². The molecular weight excluding hydrogens is 254 g/mol. The fourth-order valence-corrected chi connectivity index (χ4v) is 2.88. The van der Waals surface area contributed by atoms with E-state index in [9.17, 15) is 9.90 Å². The van der Waals surface area contributed by atoms with Gasteiger partial charge in [0.05, 0.1) is 18.8 Å². The maximum atomic E-state index is 11.4. The Morgan fingerprint density at radius 3 is 2.55 bits per heavy atom. The van der Waals surface area contributed by atoms with Crippen LogP contribution in [0.2, 0.25) is 0 Å². The van der Waals surface area contributed by atoms with Crippen LogP contribution in [0.4, 0.5) is 0 Å². The third-order valence-corrected chi connectivity index (χ3v) is 4.07. The minimum Gasteiger partial charge on any atom is -0.465 e. The lowest BCUT2D eigenvalue weighted by atomic mass is 9.91. The van der Waals surface area contributed by atoms with Gasteiger partial charge >= 0.3 is 5.97 Å². The van der Waals surface area contributed by atoms with E-state index in [0.717, 1.165) is 31.4 Å². The molecule has 0 amide bonds. The van der Waals surface area contributed by atoms with Crippen molar-refractivity contribution in [3.05, 3.63) is 35.4 Å². The fraction of sp³-hybridized carbons (Fsp3) is 0.562. The lowest BCUT2D eigenvalue weighted by Gasteiger charge is -2.35. The highest BCUT2D eigenvalue weighted by molar-refractivity contribution is 5.89. The highest BCUT2D eigenvalue weighted by atomic mass is 16.5. The van der Waals surface area contributed by atoms with Gasteiger partial charge in [-0.25, -0.2) is 4.79 Å². The maximum absolute atomic E-state index is 11.4. The summed E-state index contributed by atoms with van der Waals surface area (Å²) < 4.78 is 4.68. The van der Waals surface area contributed by atoms with Crippen molar-refractivity contribution >= 4 is 5.97 Å². The van der Waals surface area contributed by atoms with Crippen molar-refractivity contribution < 1.29 is 14.6 Å². The predicted molar refractivity (Wildman–Crippen MR) is 77.5 cm³/mol. The molecule has 2 unspecified atom stereocenters. The summed E-state index contributed by atoms with van der Waals surface area (Å²) in [5.74, 6) is -0.312. The summed E-state index contributed by atoms with van der Waals surface area (Å²) >= 11 is 0. The number of hydrogen-bond acceptors (Lipinski definition) is 4. The van der Waals surface area contributed by atoms with Crippen molar-refractivity contribution in [2.24, 2.45) is 0 Å². The molecule has 2 rings (SSSR count). The minimum absolute atomic E-state index is 0.219. The highest BCUT2D eigenvalue weighted by Gasteiger charge is 2.26. The normalized spacial score (nSPS) is 22.8. The first kappa shape index (κ1) is 15.0. The van der Waals surface area contributed by atoms with Crippen LogP contribution in [-0.2, 0) is 11.3 Å². The van der Waals surface area contributed by atoms with Gasteiger partial charge in [-0.15, -0.1) is 0 Å². The topological polar surface area (TPSA) is 49.8 Å². The van der Waals surface area contributed by atoms with E-state index < -0.39 is 0 Å². The summed E-state index contributed by atoms with van der Waals surface area (Å²) in [4.78, 5) is 13.6. The van der Waals surface area contributed by atoms with Crippen LogP contribution in [0.15, 0.2) is 24.3 Å². The molecule has 1 saturated carbocycles. The fourth-order valence-electron chi connectivity index (χ4n) is 2.88. The Morgan fingerprint density at radius 1 is 1.30 bits per heavy atom. The van der Waals surface area contributed by atoms with Gasteiger partial charge in [0.15, 0.2) is 0 Å². The number of nitrogens with zero attached hydrogens (tertiary/aromatic N) is 1. The van der Waals surface area contributed by atoms with Crippen LogP contribution >= 0.6 is 0 Å². The Balaban J connectivity index is 1.97. The van der Waals surface area contributed by atoms with Crippen molar-refractivity contribution in [1.29, 1.82) is 0 Å². The number of hydrogen-bond donors (Lipinski definition) is 1. The monoisotopic (exact) mass is 277 g/mol. The van der Waals surface area contributed by atoms with E-state index in [2.05, 4.69) is 9.64 Å². The van der Waals surface area contributed by atoms with Gasteiger partial charge in [0.25, 0.3) is 0 Å². The molecule has 0 aromatic heterocycles. The number of carbonyl (C=O) groups excluding carboxylic acids is 1. The van der Waals surface area contributed by atoms with E-state index in [1.165, 1.54) is 13.5 Å². The molecule has 1 N–H and O–H groups in total. The Bertz CT molecular complexity index is 444. The number of ether oxygens (including phenoxy) is 1. The Labute approximate surface area is 120 Å². The molecule has 4 nitrogen and oxygen atoms in total. The van der Waals surface area contributed by atoms with Crippen LogP contribution in [0.5, 0.6) is 0 Å². The highest BCUT2D eigenvalue weighted by Crippen LogP contribution is 2.23. The maximum Gasteiger partial charge on any atom is 0.337 e. The Morgan fingerprint density at radius 2 is 1.95 bits per heavy atom. The van der Waals surface area contributed by atoms with E-state index >= 15 is 0 Å². The average molecular weight is 277 g/mol. The SMILES string of the molecule is COC(=O)c1ccc(CN(C)C2CCCCC2O)cc1.